The zero-order valence-corrected chi connectivity index (χ0v) is 18.0. The molecule has 1 heterocycles. The average molecular weight is 409 g/mol. The van der Waals surface area contributed by atoms with Gasteiger partial charge < -0.3 is 18.9 Å². The highest BCUT2D eigenvalue weighted by atomic mass is 16.5. The van der Waals surface area contributed by atoms with E-state index in [-0.39, 0.29) is 5.78 Å². The summed E-state index contributed by atoms with van der Waals surface area (Å²) in [6.45, 7) is 1.12. The number of ether oxygens (including phenoxy) is 4. The van der Waals surface area contributed by atoms with E-state index in [0.29, 0.717) is 47.2 Å². The first-order chi connectivity index (χ1) is 14.5. The Kier molecular flexibility index (Phi) is 6.79. The Hall–Kier alpha value is -3.25. The Bertz CT molecular complexity index is 916. The molecule has 0 bridgehead atoms. The largest absolute Gasteiger partial charge is 0.497 e. The van der Waals surface area contributed by atoms with Gasteiger partial charge in [0.2, 0.25) is 0 Å². The number of ketones is 1. The molecule has 158 valence electrons. The van der Waals surface area contributed by atoms with E-state index in [4.69, 9.17) is 18.9 Å². The molecule has 1 fully saturated rings. The van der Waals surface area contributed by atoms with Crippen LogP contribution in [0.2, 0.25) is 0 Å². The summed E-state index contributed by atoms with van der Waals surface area (Å²) in [6.07, 6.45) is 3.77. The van der Waals surface area contributed by atoms with Crippen molar-refractivity contribution in [3.05, 3.63) is 58.7 Å². The van der Waals surface area contributed by atoms with Crippen LogP contribution >= 0.6 is 0 Å². The van der Waals surface area contributed by atoms with Crippen LogP contribution in [0, 0.1) is 0 Å². The number of methoxy groups -OCH3 is 4. The summed E-state index contributed by atoms with van der Waals surface area (Å²) in [5.41, 5.74) is 3.06. The van der Waals surface area contributed by atoms with Gasteiger partial charge in [-0.2, -0.15) is 0 Å². The van der Waals surface area contributed by atoms with Gasteiger partial charge in [-0.15, -0.1) is 0 Å². The van der Waals surface area contributed by atoms with Crippen LogP contribution in [-0.4, -0.2) is 59.3 Å². The van der Waals surface area contributed by atoms with Crippen molar-refractivity contribution in [2.45, 2.75) is 0 Å². The number of piperidine rings is 1. The van der Waals surface area contributed by atoms with Gasteiger partial charge in [-0.3, -0.25) is 9.69 Å². The van der Waals surface area contributed by atoms with Crippen molar-refractivity contribution in [2.24, 2.45) is 0 Å². The van der Waals surface area contributed by atoms with Crippen LogP contribution < -0.4 is 18.9 Å². The molecule has 3 rings (SSSR count). The maximum absolute atomic E-state index is 13.2. The van der Waals surface area contributed by atoms with E-state index in [1.54, 1.807) is 28.4 Å². The minimum atomic E-state index is 0.0174. The number of Topliss-reactive ketones (excluding diaryl/α,β-unsaturated/α-hetero) is 1. The summed E-state index contributed by atoms with van der Waals surface area (Å²) < 4.78 is 21.5. The Balaban J connectivity index is 1.98. The summed E-state index contributed by atoms with van der Waals surface area (Å²) in [5, 5.41) is 0. The molecule has 0 atom stereocenters. The van der Waals surface area contributed by atoms with E-state index in [2.05, 4.69) is 4.90 Å². The number of nitrogens with zero attached hydrogens (tertiary/aromatic N) is 1. The van der Waals surface area contributed by atoms with Crippen molar-refractivity contribution in [1.82, 2.24) is 4.90 Å². The predicted octanol–water partition coefficient (Wildman–Crippen LogP) is 3.70. The van der Waals surface area contributed by atoms with Crippen LogP contribution in [-0.2, 0) is 4.79 Å². The summed E-state index contributed by atoms with van der Waals surface area (Å²) in [6, 6.07) is 11.1. The zero-order valence-electron chi connectivity index (χ0n) is 18.0. The molecule has 1 aliphatic rings. The molecule has 6 nitrogen and oxygen atoms in total. The lowest BCUT2D eigenvalue weighted by atomic mass is 9.94. The Morgan fingerprint density at radius 2 is 1.17 bits per heavy atom. The number of carbonyl (C=O) groups excluding carboxylic acids is 1. The zero-order chi connectivity index (χ0) is 21.7. The van der Waals surface area contributed by atoms with E-state index in [9.17, 15) is 4.79 Å². The summed E-state index contributed by atoms with van der Waals surface area (Å²) in [7, 11) is 8.42. The van der Waals surface area contributed by atoms with Crippen molar-refractivity contribution >= 4 is 17.9 Å². The minimum Gasteiger partial charge on any atom is -0.497 e. The highest BCUT2D eigenvalue weighted by molar-refractivity contribution is 6.14. The predicted molar refractivity (Wildman–Crippen MR) is 118 cm³/mol. The minimum absolute atomic E-state index is 0.0174. The maximum atomic E-state index is 13.2. The first-order valence-corrected chi connectivity index (χ1v) is 9.57. The van der Waals surface area contributed by atoms with Gasteiger partial charge in [0.25, 0.3) is 0 Å². The lowest BCUT2D eigenvalue weighted by Gasteiger charge is -2.26. The fourth-order valence-electron chi connectivity index (χ4n) is 3.46. The molecule has 0 N–H and O–H groups in total. The summed E-state index contributed by atoms with van der Waals surface area (Å²) >= 11 is 0. The Morgan fingerprint density at radius 3 is 1.53 bits per heavy atom. The number of hydrogen-bond acceptors (Lipinski definition) is 6. The van der Waals surface area contributed by atoms with Crippen LogP contribution in [0.5, 0.6) is 23.0 Å². The molecule has 0 radical (unpaired) electrons. The molecule has 0 amide bonds. The molecule has 0 saturated carbocycles. The second-order valence-electron chi connectivity index (χ2n) is 7.06. The van der Waals surface area contributed by atoms with Crippen molar-refractivity contribution in [1.29, 1.82) is 0 Å². The number of carbonyl (C=O) groups is 1. The molecule has 0 aromatic heterocycles. The summed E-state index contributed by atoms with van der Waals surface area (Å²) in [4.78, 5) is 15.3. The normalized spacial score (nSPS) is 17.3. The monoisotopic (exact) mass is 409 g/mol. The number of likely N-dealkylation sites (tertiary alicyclic amines) is 1. The van der Waals surface area contributed by atoms with Gasteiger partial charge in [0, 0.05) is 47.5 Å². The van der Waals surface area contributed by atoms with Gasteiger partial charge in [-0.25, -0.2) is 0 Å². The fourth-order valence-corrected chi connectivity index (χ4v) is 3.46. The smallest absolute Gasteiger partial charge is 0.187 e. The molecular weight excluding hydrogens is 382 g/mol. The van der Waals surface area contributed by atoms with Crippen LogP contribution in [0.15, 0.2) is 47.5 Å². The SMILES string of the molecule is COc1ccc(/C=C2/CN(C)C/C(=C\c3ccc(OC)cc3OC)C2=O)c(OC)c1. The lowest BCUT2D eigenvalue weighted by molar-refractivity contribution is -0.113. The number of hydrogen-bond donors (Lipinski definition) is 0. The van der Waals surface area contributed by atoms with Crippen molar-refractivity contribution in [2.75, 3.05) is 48.6 Å². The third-order valence-corrected chi connectivity index (χ3v) is 5.00. The second-order valence-corrected chi connectivity index (χ2v) is 7.06. The van der Waals surface area contributed by atoms with E-state index in [1.807, 2.05) is 55.6 Å². The molecule has 1 saturated heterocycles. The van der Waals surface area contributed by atoms with Crippen molar-refractivity contribution in [3.63, 3.8) is 0 Å². The first-order valence-electron chi connectivity index (χ1n) is 9.57. The standard InChI is InChI=1S/C24H27NO5/c1-25-14-18(10-16-6-8-20(27-2)12-22(16)29-4)24(26)19(15-25)11-17-7-9-21(28-3)13-23(17)30-5/h6-13H,14-15H2,1-5H3/b18-10-,19-11+. The maximum Gasteiger partial charge on any atom is 0.187 e. The van der Waals surface area contributed by atoms with Gasteiger partial charge in [0.1, 0.15) is 23.0 Å². The Labute approximate surface area is 177 Å². The molecule has 30 heavy (non-hydrogen) atoms. The third-order valence-electron chi connectivity index (χ3n) is 5.00. The van der Waals surface area contributed by atoms with E-state index in [1.165, 1.54) is 0 Å². The highest BCUT2D eigenvalue weighted by Gasteiger charge is 2.25. The van der Waals surface area contributed by atoms with Crippen LogP contribution in [0.1, 0.15) is 11.1 Å². The molecule has 2 aromatic rings. The van der Waals surface area contributed by atoms with Crippen LogP contribution in [0.25, 0.3) is 12.2 Å². The molecular formula is C24H27NO5. The number of likely N-dealkylation sites (N-methyl/N-ethyl adjacent to an activating group) is 1. The lowest BCUT2D eigenvalue weighted by Crippen LogP contribution is -2.34. The third kappa shape index (κ3) is 4.66. The van der Waals surface area contributed by atoms with E-state index in [0.717, 1.165) is 11.1 Å². The molecule has 1 aliphatic heterocycles. The first kappa shape index (κ1) is 21.5. The second kappa shape index (κ2) is 9.50. The van der Waals surface area contributed by atoms with Gasteiger partial charge in [0.15, 0.2) is 5.78 Å². The van der Waals surface area contributed by atoms with E-state index < -0.39 is 0 Å². The highest BCUT2D eigenvalue weighted by Crippen LogP contribution is 2.30. The van der Waals surface area contributed by atoms with Crippen molar-refractivity contribution in [3.8, 4) is 23.0 Å². The van der Waals surface area contributed by atoms with Crippen LogP contribution in [0.4, 0.5) is 0 Å². The fraction of sp³-hybridized carbons (Fsp3) is 0.292. The quantitative estimate of drug-likeness (QED) is 0.678. The molecule has 2 aromatic carbocycles. The van der Waals surface area contributed by atoms with Gasteiger partial charge >= 0.3 is 0 Å². The van der Waals surface area contributed by atoms with Crippen LogP contribution in [0.3, 0.4) is 0 Å². The topological polar surface area (TPSA) is 57.2 Å². The van der Waals surface area contributed by atoms with E-state index >= 15 is 0 Å². The molecule has 0 spiro atoms. The number of benzene rings is 2. The average Bonchev–Trinajstić information content (AvgIpc) is 2.77. The van der Waals surface area contributed by atoms with Gasteiger partial charge in [0.05, 0.1) is 28.4 Å². The summed E-state index contributed by atoms with van der Waals surface area (Å²) in [5.74, 6) is 2.74. The van der Waals surface area contributed by atoms with Gasteiger partial charge in [-0.05, 0) is 43.5 Å². The molecule has 6 heteroatoms. The van der Waals surface area contributed by atoms with Gasteiger partial charge in [-0.1, -0.05) is 0 Å². The molecule has 0 unspecified atom stereocenters. The number of rotatable bonds is 6. The van der Waals surface area contributed by atoms with Crippen molar-refractivity contribution < 1.29 is 23.7 Å². The Morgan fingerprint density at radius 1 is 0.733 bits per heavy atom. The molecule has 0 aliphatic carbocycles.